The van der Waals surface area contributed by atoms with Crippen LogP contribution in [0, 0.1) is 0 Å². The fraction of sp³-hybridized carbons (Fsp3) is 0.562. The van der Waals surface area contributed by atoms with E-state index in [1.807, 2.05) is 18.2 Å². The molecule has 0 heterocycles. The number of nitrogens with one attached hydrogen (secondary N) is 1. The minimum atomic E-state index is -0.858. The third-order valence-corrected chi connectivity index (χ3v) is 3.43. The Bertz CT molecular complexity index is 475. The number of carboxylic acid groups (broad SMARTS) is 1. The van der Waals surface area contributed by atoms with Gasteiger partial charge in [-0.25, -0.2) is 0 Å². The summed E-state index contributed by atoms with van der Waals surface area (Å²) in [5, 5.41) is 12.3. The molecule has 20 heavy (non-hydrogen) atoms. The maximum Gasteiger partial charge on any atom is 0.324 e. The zero-order chi connectivity index (χ0) is 14.8. The van der Waals surface area contributed by atoms with Crippen LogP contribution in [-0.4, -0.2) is 29.8 Å². The molecule has 4 heteroatoms. The Kier molecular flexibility index (Phi) is 4.33. The Hall–Kier alpha value is -1.55. The van der Waals surface area contributed by atoms with E-state index in [2.05, 4.69) is 32.2 Å². The maximum atomic E-state index is 11.2. The maximum absolute atomic E-state index is 11.2. The summed E-state index contributed by atoms with van der Waals surface area (Å²) in [6, 6.07) is 7.56. The van der Waals surface area contributed by atoms with Crippen molar-refractivity contribution in [1.82, 2.24) is 5.32 Å². The van der Waals surface area contributed by atoms with Gasteiger partial charge in [-0.3, -0.25) is 10.1 Å². The van der Waals surface area contributed by atoms with Crippen molar-refractivity contribution in [3.63, 3.8) is 0 Å². The summed E-state index contributed by atoms with van der Waals surface area (Å²) >= 11 is 0. The second kappa shape index (κ2) is 5.83. The highest BCUT2D eigenvalue weighted by Gasteiger charge is 2.28. The Balaban J connectivity index is 1.96. The van der Waals surface area contributed by atoms with E-state index in [4.69, 9.17) is 9.84 Å². The van der Waals surface area contributed by atoms with Crippen LogP contribution in [0.2, 0.25) is 0 Å². The third-order valence-electron chi connectivity index (χ3n) is 3.43. The summed E-state index contributed by atoms with van der Waals surface area (Å²) in [5.74, 6) is -0.134. The highest BCUT2D eigenvalue weighted by molar-refractivity contribution is 5.73. The fourth-order valence-corrected chi connectivity index (χ4v) is 1.96. The van der Waals surface area contributed by atoms with Gasteiger partial charge in [0.15, 0.2) is 0 Å². The Morgan fingerprint density at radius 3 is 2.70 bits per heavy atom. The van der Waals surface area contributed by atoms with E-state index in [0.29, 0.717) is 6.04 Å². The number of ether oxygens (including phenoxy) is 1. The molecule has 1 aliphatic carbocycles. The molecular weight excluding hydrogens is 254 g/mol. The van der Waals surface area contributed by atoms with Gasteiger partial charge in [-0.2, -0.15) is 0 Å². The molecule has 1 saturated carbocycles. The first-order valence-corrected chi connectivity index (χ1v) is 7.08. The average Bonchev–Trinajstić information content (AvgIpc) is 3.17. The van der Waals surface area contributed by atoms with Gasteiger partial charge in [-0.1, -0.05) is 32.9 Å². The van der Waals surface area contributed by atoms with Gasteiger partial charge in [0.2, 0.25) is 0 Å². The third kappa shape index (κ3) is 4.23. The summed E-state index contributed by atoms with van der Waals surface area (Å²) < 4.78 is 5.65. The van der Waals surface area contributed by atoms with Crippen LogP contribution in [0.15, 0.2) is 24.3 Å². The molecule has 1 fully saturated rings. The molecule has 0 amide bonds. The van der Waals surface area contributed by atoms with Crippen molar-refractivity contribution in [1.29, 1.82) is 0 Å². The van der Waals surface area contributed by atoms with Crippen LogP contribution in [0.1, 0.15) is 39.2 Å². The molecule has 0 saturated heterocycles. The van der Waals surface area contributed by atoms with Crippen molar-refractivity contribution in [2.45, 2.75) is 51.1 Å². The minimum absolute atomic E-state index is 0.0534. The molecule has 2 rings (SSSR count). The number of carboxylic acids is 1. The quantitative estimate of drug-likeness (QED) is 0.839. The van der Waals surface area contributed by atoms with Gasteiger partial charge >= 0.3 is 5.97 Å². The van der Waals surface area contributed by atoms with E-state index in [-0.39, 0.29) is 12.0 Å². The van der Waals surface area contributed by atoms with E-state index >= 15 is 0 Å². The summed E-state index contributed by atoms with van der Waals surface area (Å²) in [7, 11) is 0. The molecule has 2 N–H and O–H groups in total. The number of benzene rings is 1. The largest absolute Gasteiger partial charge is 0.491 e. The molecule has 1 aromatic rings. The Morgan fingerprint density at radius 2 is 2.15 bits per heavy atom. The number of aliphatic carboxylic acids is 1. The van der Waals surface area contributed by atoms with Crippen LogP contribution in [-0.2, 0) is 10.2 Å². The van der Waals surface area contributed by atoms with Gasteiger partial charge in [0.05, 0.1) is 0 Å². The monoisotopic (exact) mass is 277 g/mol. The normalized spacial score (nSPS) is 16.8. The van der Waals surface area contributed by atoms with Crippen LogP contribution in [0.5, 0.6) is 5.75 Å². The molecule has 0 bridgehead atoms. The van der Waals surface area contributed by atoms with E-state index in [0.717, 1.165) is 18.6 Å². The van der Waals surface area contributed by atoms with Crippen LogP contribution in [0.25, 0.3) is 0 Å². The second-order valence-corrected chi connectivity index (χ2v) is 6.42. The topological polar surface area (TPSA) is 58.6 Å². The van der Waals surface area contributed by atoms with Crippen molar-refractivity contribution >= 4 is 5.97 Å². The molecule has 0 spiro atoms. The standard InChI is InChI=1S/C16H23NO3/c1-16(2,3)11-5-4-6-13(9-11)20-10-14(15(18)19)17-12-7-8-12/h4-6,9,12,14,17H,7-8,10H2,1-3H3,(H,18,19). The van der Waals surface area contributed by atoms with Crippen LogP contribution < -0.4 is 10.1 Å². The van der Waals surface area contributed by atoms with Crippen LogP contribution >= 0.6 is 0 Å². The van der Waals surface area contributed by atoms with Crippen LogP contribution in [0.3, 0.4) is 0 Å². The van der Waals surface area contributed by atoms with Gasteiger partial charge < -0.3 is 9.84 Å². The minimum Gasteiger partial charge on any atom is -0.491 e. The molecule has 1 aromatic carbocycles. The van der Waals surface area contributed by atoms with Gasteiger partial charge in [-0.15, -0.1) is 0 Å². The average molecular weight is 277 g/mol. The molecular formula is C16H23NO3. The number of hydrogen-bond donors (Lipinski definition) is 2. The lowest BCUT2D eigenvalue weighted by molar-refractivity contribution is -0.140. The molecule has 0 aliphatic heterocycles. The second-order valence-electron chi connectivity index (χ2n) is 6.42. The van der Waals surface area contributed by atoms with Crippen molar-refractivity contribution < 1.29 is 14.6 Å². The Morgan fingerprint density at radius 1 is 1.45 bits per heavy atom. The summed E-state index contributed by atoms with van der Waals surface area (Å²) in [4.78, 5) is 11.2. The van der Waals surface area contributed by atoms with E-state index in [9.17, 15) is 4.79 Å². The van der Waals surface area contributed by atoms with Gasteiger partial charge in [-0.05, 0) is 36.0 Å². The predicted molar refractivity (Wildman–Crippen MR) is 78.2 cm³/mol. The number of rotatable bonds is 6. The highest BCUT2D eigenvalue weighted by Crippen LogP contribution is 2.25. The summed E-state index contributed by atoms with van der Waals surface area (Å²) in [5.41, 5.74) is 1.23. The van der Waals surface area contributed by atoms with Crippen molar-refractivity contribution in [2.24, 2.45) is 0 Å². The van der Waals surface area contributed by atoms with Crippen molar-refractivity contribution in [3.8, 4) is 5.75 Å². The van der Waals surface area contributed by atoms with Gasteiger partial charge in [0.1, 0.15) is 18.4 Å². The molecule has 4 nitrogen and oxygen atoms in total. The van der Waals surface area contributed by atoms with Crippen LogP contribution in [0.4, 0.5) is 0 Å². The molecule has 1 aliphatic rings. The first-order chi connectivity index (χ1) is 9.36. The van der Waals surface area contributed by atoms with E-state index in [1.165, 1.54) is 5.56 Å². The Labute approximate surface area is 120 Å². The predicted octanol–water partition coefficient (Wildman–Crippen LogP) is 2.57. The summed E-state index contributed by atoms with van der Waals surface area (Å²) in [6.45, 7) is 6.57. The molecule has 0 aromatic heterocycles. The molecule has 1 unspecified atom stereocenters. The van der Waals surface area contributed by atoms with E-state index < -0.39 is 12.0 Å². The lowest BCUT2D eigenvalue weighted by atomic mass is 9.87. The molecule has 1 atom stereocenters. The first-order valence-electron chi connectivity index (χ1n) is 7.08. The van der Waals surface area contributed by atoms with Gasteiger partial charge in [0, 0.05) is 6.04 Å². The smallest absolute Gasteiger partial charge is 0.324 e. The fourth-order valence-electron chi connectivity index (χ4n) is 1.96. The molecule has 110 valence electrons. The molecule has 0 radical (unpaired) electrons. The zero-order valence-electron chi connectivity index (χ0n) is 12.3. The zero-order valence-corrected chi connectivity index (χ0v) is 12.3. The number of hydrogen-bond acceptors (Lipinski definition) is 3. The summed E-state index contributed by atoms with van der Waals surface area (Å²) in [6.07, 6.45) is 2.12. The van der Waals surface area contributed by atoms with Crippen molar-refractivity contribution in [2.75, 3.05) is 6.61 Å². The lowest BCUT2D eigenvalue weighted by Crippen LogP contribution is -2.42. The highest BCUT2D eigenvalue weighted by atomic mass is 16.5. The van der Waals surface area contributed by atoms with Gasteiger partial charge in [0.25, 0.3) is 0 Å². The number of carbonyl (C=O) groups is 1. The van der Waals surface area contributed by atoms with Crippen molar-refractivity contribution in [3.05, 3.63) is 29.8 Å². The lowest BCUT2D eigenvalue weighted by Gasteiger charge is -2.20. The SMILES string of the molecule is CC(C)(C)c1cccc(OCC(NC2CC2)C(=O)O)c1. The van der Waals surface area contributed by atoms with E-state index in [1.54, 1.807) is 0 Å². The first kappa shape index (κ1) is 14.9.